The van der Waals surface area contributed by atoms with Crippen LogP contribution < -0.4 is 11.1 Å². The lowest BCUT2D eigenvalue weighted by atomic mass is 9.96. The maximum atomic E-state index is 12.5. The summed E-state index contributed by atoms with van der Waals surface area (Å²) in [7, 11) is -5.47. The Bertz CT molecular complexity index is 691. The van der Waals surface area contributed by atoms with Gasteiger partial charge < -0.3 is 15.8 Å². The van der Waals surface area contributed by atoms with Crippen LogP contribution in [0.25, 0.3) is 0 Å². The summed E-state index contributed by atoms with van der Waals surface area (Å²) in [5, 5.41) is 2.38. The van der Waals surface area contributed by atoms with Crippen molar-refractivity contribution in [3.05, 3.63) is 24.3 Å². The average molecular weight is 352 g/mol. The molecule has 1 saturated heterocycles. The summed E-state index contributed by atoms with van der Waals surface area (Å²) in [6, 6.07) is 3.56. The maximum Gasteiger partial charge on any atom is 0.501 e. The van der Waals surface area contributed by atoms with Crippen LogP contribution in [0.15, 0.2) is 29.2 Å². The van der Waals surface area contributed by atoms with Gasteiger partial charge in [0.1, 0.15) is 0 Å². The number of nitrogens with two attached hydrogens (primary N) is 1. The summed E-state index contributed by atoms with van der Waals surface area (Å²) < 4.78 is 65.5. The number of rotatable bonds is 3. The fourth-order valence-electron chi connectivity index (χ4n) is 2.13. The highest BCUT2D eigenvalue weighted by Gasteiger charge is 2.46. The molecular formula is C13H15F3N2O4S. The quantitative estimate of drug-likeness (QED) is 0.854. The SMILES string of the molecule is NC1CCOCC1C(=O)Nc1cccc(S(=O)(=O)C(F)(F)F)c1. The van der Waals surface area contributed by atoms with Crippen molar-refractivity contribution in [2.75, 3.05) is 18.5 Å². The Balaban J connectivity index is 2.19. The molecule has 0 bridgehead atoms. The second-order valence-corrected chi connectivity index (χ2v) is 7.04. The molecule has 0 aromatic heterocycles. The fourth-order valence-corrected chi connectivity index (χ4v) is 2.94. The van der Waals surface area contributed by atoms with Crippen LogP contribution in [0.2, 0.25) is 0 Å². The van der Waals surface area contributed by atoms with Gasteiger partial charge in [0.05, 0.1) is 17.4 Å². The third-order valence-electron chi connectivity index (χ3n) is 3.46. The number of ether oxygens (including phenoxy) is 1. The predicted molar refractivity (Wildman–Crippen MR) is 75.2 cm³/mol. The van der Waals surface area contributed by atoms with E-state index in [0.29, 0.717) is 13.0 Å². The van der Waals surface area contributed by atoms with Gasteiger partial charge in [0.2, 0.25) is 5.91 Å². The zero-order valence-corrected chi connectivity index (χ0v) is 12.7. The van der Waals surface area contributed by atoms with Crippen LogP contribution in [0.5, 0.6) is 0 Å². The van der Waals surface area contributed by atoms with Gasteiger partial charge in [0.15, 0.2) is 0 Å². The molecule has 1 aliphatic rings. The van der Waals surface area contributed by atoms with Crippen molar-refractivity contribution >= 4 is 21.4 Å². The third kappa shape index (κ3) is 3.82. The topological polar surface area (TPSA) is 98.5 Å². The van der Waals surface area contributed by atoms with Crippen molar-refractivity contribution in [1.29, 1.82) is 0 Å². The van der Waals surface area contributed by atoms with Crippen LogP contribution in [0, 0.1) is 5.92 Å². The van der Waals surface area contributed by atoms with E-state index in [9.17, 15) is 26.4 Å². The lowest BCUT2D eigenvalue weighted by Crippen LogP contribution is -2.45. The molecule has 2 atom stereocenters. The van der Waals surface area contributed by atoms with Gasteiger partial charge in [-0.25, -0.2) is 8.42 Å². The summed E-state index contributed by atoms with van der Waals surface area (Å²) in [6.07, 6.45) is 0.487. The van der Waals surface area contributed by atoms with Crippen molar-refractivity contribution in [2.24, 2.45) is 11.7 Å². The molecule has 128 valence electrons. The molecule has 3 N–H and O–H groups in total. The summed E-state index contributed by atoms with van der Waals surface area (Å²) in [6.45, 7) is 0.539. The van der Waals surface area contributed by atoms with Crippen LogP contribution >= 0.6 is 0 Å². The van der Waals surface area contributed by atoms with Gasteiger partial charge in [0.25, 0.3) is 9.84 Å². The van der Waals surface area contributed by atoms with E-state index in [1.54, 1.807) is 0 Å². The van der Waals surface area contributed by atoms with E-state index in [4.69, 9.17) is 10.5 Å². The van der Waals surface area contributed by atoms with Crippen molar-refractivity contribution < 1.29 is 31.1 Å². The number of carbonyl (C=O) groups is 1. The van der Waals surface area contributed by atoms with E-state index in [1.165, 1.54) is 6.07 Å². The maximum absolute atomic E-state index is 12.5. The number of alkyl halides is 3. The summed E-state index contributed by atoms with van der Waals surface area (Å²) in [5.41, 5.74) is 0.339. The summed E-state index contributed by atoms with van der Waals surface area (Å²) in [4.78, 5) is 11.2. The normalized spacial score (nSPS) is 22.6. The number of amides is 1. The van der Waals surface area contributed by atoms with Crippen molar-refractivity contribution in [3.63, 3.8) is 0 Å². The van der Waals surface area contributed by atoms with E-state index < -0.39 is 38.1 Å². The number of nitrogens with one attached hydrogen (secondary N) is 1. The zero-order chi connectivity index (χ0) is 17.3. The monoisotopic (exact) mass is 352 g/mol. The fraction of sp³-hybridized carbons (Fsp3) is 0.462. The molecule has 0 aliphatic carbocycles. The Kier molecular flexibility index (Phi) is 4.97. The van der Waals surface area contributed by atoms with E-state index in [-0.39, 0.29) is 12.3 Å². The van der Waals surface area contributed by atoms with Gasteiger partial charge in [-0.1, -0.05) is 6.07 Å². The Morgan fingerprint density at radius 1 is 1.35 bits per heavy atom. The smallest absolute Gasteiger partial charge is 0.381 e. The van der Waals surface area contributed by atoms with Crippen LogP contribution in [-0.4, -0.2) is 39.1 Å². The van der Waals surface area contributed by atoms with Crippen molar-refractivity contribution in [3.8, 4) is 0 Å². The second-order valence-electron chi connectivity index (χ2n) is 5.10. The van der Waals surface area contributed by atoms with E-state index in [2.05, 4.69) is 5.32 Å². The van der Waals surface area contributed by atoms with Crippen molar-refractivity contribution in [1.82, 2.24) is 0 Å². The van der Waals surface area contributed by atoms with Gasteiger partial charge in [-0.3, -0.25) is 4.79 Å². The molecule has 1 aromatic carbocycles. The summed E-state index contributed by atoms with van der Waals surface area (Å²) >= 11 is 0. The molecule has 1 aromatic rings. The van der Waals surface area contributed by atoms with Crippen LogP contribution in [0.1, 0.15) is 6.42 Å². The molecule has 1 amide bonds. The standard InChI is InChI=1S/C13H15F3N2O4S/c14-13(15,16)23(20,21)9-3-1-2-8(6-9)18-12(19)10-7-22-5-4-11(10)17/h1-3,6,10-11H,4-5,7,17H2,(H,18,19). The van der Waals surface area contributed by atoms with Gasteiger partial charge in [0, 0.05) is 18.3 Å². The Morgan fingerprint density at radius 2 is 2.04 bits per heavy atom. The van der Waals surface area contributed by atoms with Crippen LogP contribution in [0.3, 0.4) is 0 Å². The largest absolute Gasteiger partial charge is 0.501 e. The number of sulfone groups is 1. The minimum absolute atomic E-state index is 0.0573. The van der Waals surface area contributed by atoms with Gasteiger partial charge in [-0.05, 0) is 24.6 Å². The van der Waals surface area contributed by atoms with E-state index >= 15 is 0 Å². The third-order valence-corrected chi connectivity index (χ3v) is 4.95. The first-order chi connectivity index (χ1) is 10.6. The number of hydrogen-bond donors (Lipinski definition) is 2. The highest BCUT2D eigenvalue weighted by Crippen LogP contribution is 2.31. The Hall–Kier alpha value is -1.65. The number of benzene rings is 1. The molecule has 0 saturated carbocycles. The molecule has 2 unspecified atom stereocenters. The molecule has 1 aliphatic heterocycles. The molecule has 2 rings (SSSR count). The Labute approximate surface area is 130 Å². The molecule has 0 spiro atoms. The van der Waals surface area contributed by atoms with E-state index in [0.717, 1.165) is 18.2 Å². The predicted octanol–water partition coefficient (Wildman–Crippen LogP) is 1.28. The molecule has 1 heterocycles. The molecule has 0 radical (unpaired) electrons. The lowest BCUT2D eigenvalue weighted by Gasteiger charge is -2.27. The Morgan fingerprint density at radius 3 is 2.65 bits per heavy atom. The van der Waals surface area contributed by atoms with Gasteiger partial charge in [-0.15, -0.1) is 0 Å². The van der Waals surface area contributed by atoms with Crippen LogP contribution in [0.4, 0.5) is 18.9 Å². The number of halogens is 3. The zero-order valence-electron chi connectivity index (χ0n) is 11.8. The minimum Gasteiger partial charge on any atom is -0.381 e. The molecule has 1 fully saturated rings. The second kappa shape index (κ2) is 6.46. The molecular weight excluding hydrogens is 337 g/mol. The number of hydrogen-bond acceptors (Lipinski definition) is 5. The first-order valence-electron chi connectivity index (χ1n) is 6.68. The first-order valence-corrected chi connectivity index (χ1v) is 8.17. The first kappa shape index (κ1) is 17.7. The average Bonchev–Trinajstić information content (AvgIpc) is 2.46. The van der Waals surface area contributed by atoms with Gasteiger partial charge in [-0.2, -0.15) is 13.2 Å². The molecule has 23 heavy (non-hydrogen) atoms. The van der Waals surface area contributed by atoms with Gasteiger partial charge >= 0.3 is 5.51 Å². The number of anilines is 1. The minimum atomic E-state index is -5.47. The highest BCUT2D eigenvalue weighted by atomic mass is 32.2. The van der Waals surface area contributed by atoms with Crippen LogP contribution in [-0.2, 0) is 19.4 Å². The lowest BCUT2D eigenvalue weighted by molar-refractivity contribution is -0.124. The number of carbonyl (C=O) groups excluding carboxylic acids is 1. The summed E-state index contributed by atoms with van der Waals surface area (Å²) in [5.74, 6) is -1.18. The van der Waals surface area contributed by atoms with E-state index in [1.807, 2.05) is 0 Å². The highest BCUT2D eigenvalue weighted by molar-refractivity contribution is 7.92. The molecule has 10 heteroatoms. The van der Waals surface area contributed by atoms with Crippen molar-refractivity contribution in [2.45, 2.75) is 22.9 Å². The molecule has 6 nitrogen and oxygen atoms in total.